The van der Waals surface area contributed by atoms with Gasteiger partial charge in [0, 0.05) is 37.8 Å². The largest absolute Gasteiger partial charge is 0.493 e. The number of alkyl halides is 2. The van der Waals surface area contributed by atoms with Crippen molar-refractivity contribution in [3.05, 3.63) is 59.7 Å². The van der Waals surface area contributed by atoms with Gasteiger partial charge in [-0.25, -0.2) is 13.5 Å². The Kier molecular flexibility index (Phi) is 8.19. The van der Waals surface area contributed by atoms with Crippen LogP contribution in [0.25, 0.3) is 11.3 Å². The van der Waals surface area contributed by atoms with Gasteiger partial charge in [-0.05, 0) is 41.5 Å². The molecule has 11 heteroatoms. The Bertz CT molecular complexity index is 1340. The number of anilines is 1. The number of ether oxygens (including phenoxy) is 2. The van der Waals surface area contributed by atoms with Crippen LogP contribution in [-0.4, -0.2) is 67.4 Å². The fourth-order valence-electron chi connectivity index (χ4n) is 6.11. The van der Waals surface area contributed by atoms with Crippen molar-refractivity contribution in [2.45, 2.75) is 31.4 Å². The summed E-state index contributed by atoms with van der Waals surface area (Å²) < 4.78 is 40.5. The standard InChI is InChI=1S/C29H33F2N5O3.ClH/c1-38-25-8-7-19(10-26(25)39-2)22-11-24(29(30)31)36-27(33-22)12-23(34-36)18-5-3-17(4-6-18)9-28(37)35-15-20-13-32-14-21(20)16-35;/h3-8,10,12,20-22,24,29,32-33H,9,11,13-16H2,1-2H3;1H. The van der Waals surface area contributed by atoms with E-state index in [4.69, 9.17) is 9.47 Å². The maximum absolute atomic E-state index is 14.2. The van der Waals surface area contributed by atoms with E-state index in [0.717, 1.165) is 42.9 Å². The molecule has 2 fully saturated rings. The van der Waals surface area contributed by atoms with Gasteiger partial charge in [0.15, 0.2) is 11.5 Å². The average molecular weight is 574 g/mol. The fourth-order valence-corrected chi connectivity index (χ4v) is 6.11. The lowest BCUT2D eigenvalue weighted by Gasteiger charge is -2.32. The van der Waals surface area contributed by atoms with Crippen molar-refractivity contribution in [1.29, 1.82) is 0 Å². The summed E-state index contributed by atoms with van der Waals surface area (Å²) in [5.41, 5.74) is 3.18. The van der Waals surface area contributed by atoms with Crippen LogP contribution in [0.2, 0.25) is 0 Å². The van der Waals surface area contributed by atoms with Crippen molar-refractivity contribution < 1.29 is 23.0 Å². The van der Waals surface area contributed by atoms with E-state index in [9.17, 15) is 13.6 Å². The number of amides is 1. The molecule has 2 saturated heterocycles. The molecule has 0 spiro atoms. The second-order valence-electron chi connectivity index (χ2n) is 10.7. The number of benzene rings is 2. The molecule has 1 aromatic heterocycles. The molecule has 8 nitrogen and oxygen atoms in total. The van der Waals surface area contributed by atoms with Crippen LogP contribution < -0.4 is 20.1 Å². The lowest BCUT2D eigenvalue weighted by molar-refractivity contribution is -0.129. The van der Waals surface area contributed by atoms with Crippen LogP contribution in [0.1, 0.15) is 29.6 Å². The highest BCUT2D eigenvalue weighted by atomic mass is 35.5. The van der Waals surface area contributed by atoms with E-state index in [1.54, 1.807) is 26.4 Å². The van der Waals surface area contributed by atoms with Gasteiger partial charge in [0.1, 0.15) is 11.9 Å². The number of carbonyl (C=O) groups excluding carboxylic acids is 1. The van der Waals surface area contributed by atoms with Gasteiger partial charge < -0.3 is 25.0 Å². The minimum atomic E-state index is -2.57. The first-order valence-corrected chi connectivity index (χ1v) is 13.4. The lowest BCUT2D eigenvalue weighted by atomic mass is 9.97. The van der Waals surface area contributed by atoms with Crippen molar-refractivity contribution in [2.24, 2.45) is 11.8 Å². The molecule has 0 bridgehead atoms. The maximum Gasteiger partial charge on any atom is 0.260 e. The minimum Gasteiger partial charge on any atom is -0.493 e. The Balaban J connectivity index is 0.00000323. The third-order valence-corrected chi connectivity index (χ3v) is 8.30. The molecular formula is C29H34ClF2N5O3. The molecule has 3 aromatic rings. The van der Waals surface area contributed by atoms with E-state index in [2.05, 4.69) is 15.7 Å². The summed E-state index contributed by atoms with van der Waals surface area (Å²) in [5, 5.41) is 11.3. The third kappa shape index (κ3) is 5.34. The van der Waals surface area contributed by atoms with E-state index in [1.807, 2.05) is 41.3 Å². The Morgan fingerprint density at radius 2 is 1.73 bits per heavy atom. The van der Waals surface area contributed by atoms with E-state index >= 15 is 0 Å². The number of methoxy groups -OCH3 is 2. The van der Waals surface area contributed by atoms with Gasteiger partial charge in [-0.1, -0.05) is 30.3 Å². The zero-order valence-corrected chi connectivity index (χ0v) is 23.3. The summed E-state index contributed by atoms with van der Waals surface area (Å²) in [7, 11) is 3.11. The van der Waals surface area contributed by atoms with E-state index in [-0.39, 0.29) is 30.8 Å². The van der Waals surface area contributed by atoms with Crippen molar-refractivity contribution >= 4 is 24.1 Å². The van der Waals surface area contributed by atoms with Gasteiger partial charge in [-0.2, -0.15) is 5.10 Å². The Morgan fingerprint density at radius 1 is 1.02 bits per heavy atom. The quantitative estimate of drug-likeness (QED) is 0.431. The van der Waals surface area contributed by atoms with Crippen LogP contribution in [0.4, 0.5) is 14.6 Å². The fraction of sp³-hybridized carbons (Fsp3) is 0.448. The van der Waals surface area contributed by atoms with Gasteiger partial charge >= 0.3 is 0 Å². The van der Waals surface area contributed by atoms with Crippen molar-refractivity contribution in [1.82, 2.24) is 20.0 Å². The summed E-state index contributed by atoms with van der Waals surface area (Å²) >= 11 is 0. The molecule has 4 heterocycles. The van der Waals surface area contributed by atoms with Crippen LogP contribution in [0.5, 0.6) is 11.5 Å². The molecule has 3 aliphatic rings. The molecule has 1 amide bonds. The summed E-state index contributed by atoms with van der Waals surface area (Å²) in [6.07, 6.45) is -2.04. The van der Waals surface area contributed by atoms with Crippen molar-refractivity contribution in [2.75, 3.05) is 45.7 Å². The highest BCUT2D eigenvalue weighted by Gasteiger charge is 2.38. The van der Waals surface area contributed by atoms with Crippen LogP contribution >= 0.6 is 12.4 Å². The van der Waals surface area contributed by atoms with Crippen molar-refractivity contribution in [3.63, 3.8) is 0 Å². The molecule has 4 atom stereocenters. The van der Waals surface area contributed by atoms with Gasteiger partial charge in [-0.15, -0.1) is 12.4 Å². The molecule has 6 rings (SSSR count). The first kappa shape index (κ1) is 28.2. The molecule has 0 aliphatic carbocycles. The molecule has 0 saturated carbocycles. The third-order valence-electron chi connectivity index (χ3n) is 8.30. The van der Waals surface area contributed by atoms with Gasteiger partial charge in [0.25, 0.3) is 6.43 Å². The van der Waals surface area contributed by atoms with Gasteiger partial charge in [0.05, 0.1) is 32.4 Å². The number of fused-ring (bicyclic) bond motifs is 2. The summed E-state index contributed by atoms with van der Waals surface area (Å²) in [5.74, 6) is 2.96. The highest BCUT2D eigenvalue weighted by molar-refractivity contribution is 5.85. The summed E-state index contributed by atoms with van der Waals surface area (Å²) in [6, 6.07) is 13.5. The molecular weight excluding hydrogens is 540 g/mol. The second-order valence-corrected chi connectivity index (χ2v) is 10.7. The van der Waals surface area contributed by atoms with E-state index in [1.165, 1.54) is 4.68 Å². The van der Waals surface area contributed by atoms with Crippen LogP contribution in [0.15, 0.2) is 48.5 Å². The topological polar surface area (TPSA) is 80.7 Å². The van der Waals surface area contributed by atoms with Crippen LogP contribution in [0.3, 0.4) is 0 Å². The molecule has 2 N–H and O–H groups in total. The number of rotatable bonds is 7. The Hall–Kier alpha value is -3.37. The first-order chi connectivity index (χ1) is 18.9. The minimum absolute atomic E-state index is 0. The Morgan fingerprint density at radius 3 is 2.38 bits per heavy atom. The number of carbonyl (C=O) groups is 1. The molecule has 40 heavy (non-hydrogen) atoms. The normalized spacial score (nSPS) is 23.3. The zero-order chi connectivity index (χ0) is 27.1. The molecule has 214 valence electrons. The summed E-state index contributed by atoms with van der Waals surface area (Å²) in [6.45, 7) is 3.65. The smallest absolute Gasteiger partial charge is 0.260 e. The second kappa shape index (κ2) is 11.6. The molecule has 3 aliphatic heterocycles. The predicted molar refractivity (Wildman–Crippen MR) is 151 cm³/mol. The van der Waals surface area contributed by atoms with E-state index < -0.39 is 12.5 Å². The number of likely N-dealkylation sites (tertiary alicyclic amines) is 1. The van der Waals surface area contributed by atoms with Crippen molar-refractivity contribution in [3.8, 4) is 22.8 Å². The molecule has 4 unspecified atom stereocenters. The average Bonchev–Trinajstić information content (AvgIpc) is 3.67. The number of hydrogen-bond donors (Lipinski definition) is 2. The molecule has 2 aromatic carbocycles. The number of hydrogen-bond acceptors (Lipinski definition) is 6. The van der Waals surface area contributed by atoms with Crippen LogP contribution in [-0.2, 0) is 11.2 Å². The predicted octanol–water partition coefficient (Wildman–Crippen LogP) is 4.57. The first-order valence-electron chi connectivity index (χ1n) is 13.4. The number of nitrogens with one attached hydrogen (secondary N) is 2. The Labute approximate surface area is 238 Å². The monoisotopic (exact) mass is 573 g/mol. The highest BCUT2D eigenvalue weighted by Crippen LogP contribution is 2.41. The number of nitrogens with zero attached hydrogens (tertiary/aromatic N) is 3. The summed E-state index contributed by atoms with van der Waals surface area (Å²) in [4.78, 5) is 14.8. The SMILES string of the molecule is COc1ccc(C2CC(C(F)F)n3nc(-c4ccc(CC(=O)N5CC6CNCC6C5)cc4)cc3N2)cc1OC.Cl. The lowest BCUT2D eigenvalue weighted by Crippen LogP contribution is -2.32. The van der Waals surface area contributed by atoms with Crippen LogP contribution in [0, 0.1) is 11.8 Å². The zero-order valence-electron chi connectivity index (χ0n) is 22.5. The maximum atomic E-state index is 14.2. The van der Waals surface area contributed by atoms with Gasteiger partial charge in [0.2, 0.25) is 5.91 Å². The number of aromatic nitrogens is 2. The number of halogens is 3. The molecule has 0 radical (unpaired) electrons. The van der Waals surface area contributed by atoms with Gasteiger partial charge in [-0.3, -0.25) is 4.79 Å². The van der Waals surface area contributed by atoms with E-state index in [0.29, 0.717) is 41.3 Å².